The second-order valence-electron chi connectivity index (χ2n) is 7.11. The molecule has 0 bridgehead atoms. The number of fused-ring (bicyclic) bond motifs is 1. The van der Waals surface area contributed by atoms with E-state index in [1.54, 1.807) is 29.4 Å². The first kappa shape index (κ1) is 21.5. The fourth-order valence-electron chi connectivity index (χ4n) is 3.55. The molecule has 1 aromatic carbocycles. The second-order valence-corrected chi connectivity index (χ2v) is 7.96. The molecule has 3 rings (SSSR count). The maximum Gasteiger partial charge on any atom is 0.328 e. The summed E-state index contributed by atoms with van der Waals surface area (Å²) < 4.78 is 4.89. The van der Waals surface area contributed by atoms with Gasteiger partial charge in [0.15, 0.2) is 0 Å². The lowest BCUT2D eigenvalue weighted by atomic mass is 9.95. The maximum absolute atomic E-state index is 13.2. The van der Waals surface area contributed by atoms with Crippen molar-refractivity contribution in [3.05, 3.63) is 51.5 Å². The number of ether oxygens (including phenoxy) is 1. The van der Waals surface area contributed by atoms with Crippen LogP contribution in [0.3, 0.4) is 0 Å². The third-order valence-electron chi connectivity index (χ3n) is 5.39. The largest absolute Gasteiger partial charge is 0.467 e. The van der Waals surface area contributed by atoms with Crippen LogP contribution in [-0.2, 0) is 16.0 Å². The summed E-state index contributed by atoms with van der Waals surface area (Å²) in [6.07, 6.45) is 2.95. The number of H-pyrrole nitrogens is 1. The van der Waals surface area contributed by atoms with Crippen molar-refractivity contribution >= 4 is 35.2 Å². The first-order valence-corrected chi connectivity index (χ1v) is 10.2. The SMILES string of the molecule is CC[C@@H](C)[C@@H](NC(=O)N1CCc2[nH]cnc2[C@@H]1c1ccc(Cl)cc1Cl)C(=O)OC. The molecule has 1 aliphatic rings. The van der Waals surface area contributed by atoms with Crippen LogP contribution in [-0.4, -0.2) is 46.6 Å². The van der Waals surface area contributed by atoms with E-state index in [9.17, 15) is 9.59 Å². The third-order valence-corrected chi connectivity index (χ3v) is 5.95. The van der Waals surface area contributed by atoms with Crippen LogP contribution in [0.1, 0.15) is 43.3 Å². The molecule has 0 fully saturated rings. The highest BCUT2D eigenvalue weighted by molar-refractivity contribution is 6.35. The van der Waals surface area contributed by atoms with Crippen LogP contribution < -0.4 is 5.32 Å². The molecular weight excluding hydrogens is 415 g/mol. The predicted octanol–water partition coefficient (Wildman–Crippen LogP) is 3.96. The number of benzene rings is 1. The quantitative estimate of drug-likeness (QED) is 0.691. The molecule has 0 spiro atoms. The van der Waals surface area contributed by atoms with E-state index in [4.69, 9.17) is 27.9 Å². The number of carbonyl (C=O) groups excluding carboxylic acids is 2. The molecule has 29 heavy (non-hydrogen) atoms. The van der Waals surface area contributed by atoms with E-state index in [0.717, 1.165) is 23.4 Å². The van der Waals surface area contributed by atoms with Crippen LogP contribution in [0.5, 0.6) is 0 Å². The van der Waals surface area contributed by atoms with Gasteiger partial charge in [-0.2, -0.15) is 0 Å². The molecule has 2 N–H and O–H groups in total. The highest BCUT2D eigenvalue weighted by atomic mass is 35.5. The number of aromatic nitrogens is 2. The van der Waals surface area contributed by atoms with E-state index in [0.29, 0.717) is 23.0 Å². The van der Waals surface area contributed by atoms with Crippen LogP contribution in [0.4, 0.5) is 4.79 Å². The Morgan fingerprint density at radius 2 is 2.17 bits per heavy atom. The van der Waals surface area contributed by atoms with Gasteiger partial charge in [0.2, 0.25) is 0 Å². The van der Waals surface area contributed by atoms with Gasteiger partial charge < -0.3 is 19.9 Å². The minimum atomic E-state index is -0.737. The molecule has 9 heteroatoms. The van der Waals surface area contributed by atoms with E-state index >= 15 is 0 Å². The highest BCUT2D eigenvalue weighted by Gasteiger charge is 2.37. The molecule has 0 unspecified atom stereocenters. The molecule has 156 valence electrons. The summed E-state index contributed by atoms with van der Waals surface area (Å²) in [6.45, 7) is 4.30. The number of imidazole rings is 1. The number of methoxy groups -OCH3 is 1. The summed E-state index contributed by atoms with van der Waals surface area (Å²) in [5.41, 5.74) is 2.41. The Morgan fingerprint density at radius 1 is 1.41 bits per heavy atom. The van der Waals surface area contributed by atoms with Gasteiger partial charge in [-0.15, -0.1) is 0 Å². The minimum Gasteiger partial charge on any atom is -0.467 e. The Hall–Kier alpha value is -2.25. The van der Waals surface area contributed by atoms with Gasteiger partial charge in [-0.1, -0.05) is 49.5 Å². The summed E-state index contributed by atoms with van der Waals surface area (Å²) in [4.78, 5) is 34.7. The van der Waals surface area contributed by atoms with E-state index in [1.165, 1.54) is 7.11 Å². The van der Waals surface area contributed by atoms with Gasteiger partial charge in [0, 0.05) is 28.7 Å². The number of amides is 2. The van der Waals surface area contributed by atoms with E-state index in [1.807, 2.05) is 13.8 Å². The van der Waals surface area contributed by atoms with Crippen molar-refractivity contribution in [3.8, 4) is 0 Å². The summed E-state index contributed by atoms with van der Waals surface area (Å²) in [5.74, 6) is -0.541. The lowest BCUT2D eigenvalue weighted by molar-refractivity contribution is -0.144. The summed E-state index contributed by atoms with van der Waals surface area (Å²) in [6, 6.07) is 3.57. The van der Waals surface area contributed by atoms with Crippen molar-refractivity contribution in [3.63, 3.8) is 0 Å². The Balaban J connectivity index is 1.96. The first-order chi connectivity index (χ1) is 13.9. The van der Waals surface area contributed by atoms with E-state index < -0.39 is 18.1 Å². The topological polar surface area (TPSA) is 87.3 Å². The number of nitrogens with zero attached hydrogens (tertiary/aromatic N) is 2. The monoisotopic (exact) mass is 438 g/mol. The lowest BCUT2D eigenvalue weighted by Crippen LogP contribution is -2.53. The van der Waals surface area contributed by atoms with Gasteiger partial charge in [-0.25, -0.2) is 14.6 Å². The fourth-order valence-corrected chi connectivity index (χ4v) is 4.06. The molecule has 7 nitrogen and oxygen atoms in total. The van der Waals surface area contributed by atoms with Crippen molar-refractivity contribution in [1.82, 2.24) is 20.2 Å². The minimum absolute atomic E-state index is 0.0743. The van der Waals surface area contributed by atoms with E-state index in [2.05, 4.69) is 15.3 Å². The summed E-state index contributed by atoms with van der Waals surface area (Å²) in [5, 5.41) is 3.80. The Kier molecular flexibility index (Phi) is 6.70. The number of rotatable bonds is 5. The van der Waals surface area contributed by atoms with Gasteiger partial charge in [0.05, 0.1) is 19.1 Å². The lowest BCUT2D eigenvalue weighted by Gasteiger charge is -2.37. The molecule has 3 atom stereocenters. The second kappa shape index (κ2) is 9.05. The van der Waals surface area contributed by atoms with Crippen LogP contribution in [0, 0.1) is 5.92 Å². The average molecular weight is 439 g/mol. The zero-order valence-corrected chi connectivity index (χ0v) is 18.0. The number of halogens is 2. The molecule has 0 aliphatic carbocycles. The molecule has 2 heterocycles. The molecule has 1 aromatic heterocycles. The van der Waals surface area contributed by atoms with Crippen molar-refractivity contribution in [1.29, 1.82) is 0 Å². The van der Waals surface area contributed by atoms with Crippen LogP contribution in [0.15, 0.2) is 24.5 Å². The van der Waals surface area contributed by atoms with Crippen molar-refractivity contribution in [2.75, 3.05) is 13.7 Å². The number of carbonyl (C=O) groups is 2. The normalized spacial score (nSPS) is 18.0. The van der Waals surface area contributed by atoms with Crippen LogP contribution >= 0.6 is 23.2 Å². The molecule has 2 aromatic rings. The Labute approximate surface area is 179 Å². The maximum atomic E-state index is 13.2. The first-order valence-electron chi connectivity index (χ1n) is 9.49. The van der Waals surface area contributed by atoms with Crippen LogP contribution in [0.25, 0.3) is 0 Å². The fraction of sp³-hybridized carbons (Fsp3) is 0.450. The number of hydrogen-bond donors (Lipinski definition) is 2. The number of hydrogen-bond acceptors (Lipinski definition) is 4. The number of esters is 1. The standard InChI is InChI=1S/C20H24Cl2N4O3/c1-4-11(2)16(19(27)29-3)25-20(28)26-8-7-15-17(24-10-23-15)18(26)13-6-5-12(21)9-14(13)22/h5-6,9-11,16,18H,4,7-8H2,1-3H3,(H,23,24)(H,25,28)/t11-,16-,18+/m1/s1. The predicted molar refractivity (Wildman–Crippen MR) is 111 cm³/mol. The van der Waals surface area contributed by atoms with Gasteiger partial charge in [0.1, 0.15) is 12.1 Å². The number of nitrogens with one attached hydrogen (secondary N) is 2. The number of aromatic amines is 1. The zero-order valence-electron chi connectivity index (χ0n) is 16.5. The molecular formula is C20H24Cl2N4O3. The zero-order chi connectivity index (χ0) is 21.1. The van der Waals surface area contributed by atoms with Gasteiger partial charge >= 0.3 is 12.0 Å². The van der Waals surface area contributed by atoms with Gasteiger partial charge in [-0.05, 0) is 23.6 Å². The Bertz CT molecular complexity index is 902. The highest BCUT2D eigenvalue weighted by Crippen LogP contribution is 2.37. The van der Waals surface area contributed by atoms with Gasteiger partial charge in [0.25, 0.3) is 0 Å². The van der Waals surface area contributed by atoms with Crippen molar-refractivity contribution < 1.29 is 14.3 Å². The molecule has 0 radical (unpaired) electrons. The summed E-state index contributed by atoms with van der Waals surface area (Å²) >= 11 is 12.5. The van der Waals surface area contributed by atoms with E-state index in [-0.39, 0.29) is 11.9 Å². The molecule has 2 amide bonds. The average Bonchev–Trinajstić information content (AvgIpc) is 3.19. The number of urea groups is 1. The van der Waals surface area contributed by atoms with Crippen LogP contribution in [0.2, 0.25) is 10.0 Å². The van der Waals surface area contributed by atoms with Gasteiger partial charge in [-0.3, -0.25) is 0 Å². The smallest absolute Gasteiger partial charge is 0.328 e. The Morgan fingerprint density at radius 3 is 2.83 bits per heavy atom. The van der Waals surface area contributed by atoms with Crippen molar-refractivity contribution in [2.45, 2.75) is 38.8 Å². The summed E-state index contributed by atoms with van der Waals surface area (Å²) in [7, 11) is 1.32. The third kappa shape index (κ3) is 4.36. The molecule has 0 saturated heterocycles. The molecule has 1 aliphatic heterocycles. The molecule has 0 saturated carbocycles. The van der Waals surface area contributed by atoms with Crippen molar-refractivity contribution in [2.24, 2.45) is 5.92 Å².